The number of nitrogens with two attached hydrogens (primary N) is 1. The fraction of sp³-hybridized carbons (Fsp3) is 0.562. The molecule has 1 saturated carbocycles. The van der Waals surface area contributed by atoms with Gasteiger partial charge in [0.25, 0.3) is 0 Å². The summed E-state index contributed by atoms with van der Waals surface area (Å²) in [6, 6.07) is 8.09. The summed E-state index contributed by atoms with van der Waals surface area (Å²) in [6.07, 6.45) is 6.30. The molecule has 0 spiro atoms. The lowest BCUT2D eigenvalue weighted by molar-refractivity contribution is 0.0681. The number of ether oxygens (including phenoxy) is 1. The maximum Gasteiger partial charge on any atom is 0.184 e. The van der Waals surface area contributed by atoms with Crippen molar-refractivity contribution in [3.05, 3.63) is 34.9 Å². The third kappa shape index (κ3) is 2.57. The lowest BCUT2D eigenvalue weighted by Crippen LogP contribution is -2.41. The van der Waals surface area contributed by atoms with Gasteiger partial charge in [0.15, 0.2) is 5.90 Å². The fourth-order valence-corrected chi connectivity index (χ4v) is 3.69. The molecule has 0 radical (unpaired) electrons. The van der Waals surface area contributed by atoms with Crippen LogP contribution >= 0.6 is 11.6 Å². The van der Waals surface area contributed by atoms with E-state index in [9.17, 15) is 0 Å². The molecular formula is C16H21ClN2O. The number of fused-ring (bicyclic) bond motifs is 2. The molecule has 0 amide bonds. The monoisotopic (exact) mass is 292 g/mol. The first-order valence-electron chi connectivity index (χ1n) is 7.44. The normalized spacial score (nSPS) is 28.7. The highest BCUT2D eigenvalue weighted by Gasteiger charge is 2.43. The molecule has 3 rings (SSSR count). The number of hydrogen-bond acceptors (Lipinski definition) is 3. The van der Waals surface area contributed by atoms with Crippen LogP contribution in [0.1, 0.15) is 44.1 Å². The zero-order chi connectivity index (χ0) is 14.0. The first kappa shape index (κ1) is 13.9. The van der Waals surface area contributed by atoms with Crippen LogP contribution < -0.4 is 5.73 Å². The summed E-state index contributed by atoms with van der Waals surface area (Å²) in [5.41, 5.74) is 6.57. The maximum atomic E-state index is 6.42. The Balaban J connectivity index is 1.98. The Bertz CT molecular complexity index is 517. The Morgan fingerprint density at radius 1 is 1.40 bits per heavy atom. The first-order valence-corrected chi connectivity index (χ1v) is 7.82. The van der Waals surface area contributed by atoms with E-state index in [4.69, 9.17) is 27.1 Å². The molecule has 1 aliphatic carbocycles. The van der Waals surface area contributed by atoms with Crippen LogP contribution in [0, 0.1) is 0 Å². The molecule has 2 N–H and O–H groups in total. The van der Waals surface area contributed by atoms with Crippen LogP contribution in [0.15, 0.2) is 29.3 Å². The molecule has 2 atom stereocenters. The van der Waals surface area contributed by atoms with Gasteiger partial charge < -0.3 is 10.5 Å². The number of aliphatic imine (C=N–C) groups is 1. The van der Waals surface area contributed by atoms with Crippen molar-refractivity contribution in [2.24, 2.45) is 10.7 Å². The number of hydrogen-bond donors (Lipinski definition) is 1. The Morgan fingerprint density at radius 3 is 3.05 bits per heavy atom. The van der Waals surface area contributed by atoms with E-state index < -0.39 is 0 Å². The van der Waals surface area contributed by atoms with Gasteiger partial charge in [-0.25, -0.2) is 4.99 Å². The van der Waals surface area contributed by atoms with Crippen LogP contribution in [0.25, 0.3) is 0 Å². The third-order valence-corrected chi connectivity index (χ3v) is 4.62. The molecule has 1 aromatic rings. The van der Waals surface area contributed by atoms with Crippen LogP contribution in [-0.2, 0) is 10.3 Å². The quantitative estimate of drug-likeness (QED) is 0.921. The van der Waals surface area contributed by atoms with Crippen LogP contribution in [0.2, 0.25) is 5.02 Å². The van der Waals surface area contributed by atoms with Crippen molar-refractivity contribution >= 4 is 17.5 Å². The van der Waals surface area contributed by atoms with Gasteiger partial charge in [0, 0.05) is 17.9 Å². The molecule has 20 heavy (non-hydrogen) atoms. The van der Waals surface area contributed by atoms with E-state index in [1.165, 1.54) is 0 Å². The molecule has 3 nitrogen and oxygen atoms in total. The Labute approximate surface area is 125 Å². The average Bonchev–Trinajstić information content (AvgIpc) is 2.45. The highest BCUT2D eigenvalue weighted by Crippen LogP contribution is 2.46. The predicted molar refractivity (Wildman–Crippen MR) is 82.2 cm³/mol. The molecule has 0 aromatic heterocycles. The highest BCUT2D eigenvalue weighted by atomic mass is 35.5. The van der Waals surface area contributed by atoms with E-state index >= 15 is 0 Å². The largest absolute Gasteiger partial charge is 0.478 e. The van der Waals surface area contributed by atoms with Gasteiger partial charge >= 0.3 is 0 Å². The van der Waals surface area contributed by atoms with E-state index in [1.54, 1.807) is 0 Å². The van der Waals surface area contributed by atoms with Crippen molar-refractivity contribution in [1.29, 1.82) is 0 Å². The minimum atomic E-state index is -0.177. The van der Waals surface area contributed by atoms with Gasteiger partial charge in [-0.15, -0.1) is 0 Å². The van der Waals surface area contributed by atoms with Crippen LogP contribution in [0.3, 0.4) is 0 Å². The Kier molecular flexibility index (Phi) is 3.99. The van der Waals surface area contributed by atoms with E-state index in [2.05, 4.69) is 6.07 Å². The van der Waals surface area contributed by atoms with Gasteiger partial charge in [0.05, 0.1) is 5.54 Å². The summed E-state index contributed by atoms with van der Waals surface area (Å²) in [6.45, 7) is 0.673. The zero-order valence-electron chi connectivity index (χ0n) is 11.6. The van der Waals surface area contributed by atoms with Crippen LogP contribution in [0.5, 0.6) is 0 Å². The Morgan fingerprint density at radius 2 is 2.25 bits per heavy atom. The lowest BCUT2D eigenvalue weighted by Gasteiger charge is -2.43. The molecule has 108 valence electrons. The topological polar surface area (TPSA) is 47.6 Å². The summed E-state index contributed by atoms with van der Waals surface area (Å²) < 4.78 is 6.00. The first-order chi connectivity index (χ1) is 9.73. The van der Waals surface area contributed by atoms with Gasteiger partial charge in [0.2, 0.25) is 0 Å². The second-order valence-electron chi connectivity index (χ2n) is 5.75. The minimum Gasteiger partial charge on any atom is -0.478 e. The van der Waals surface area contributed by atoms with Crippen molar-refractivity contribution in [2.75, 3.05) is 6.54 Å². The predicted octanol–water partition coefficient (Wildman–Crippen LogP) is 3.65. The Hall–Kier alpha value is -1.06. The summed E-state index contributed by atoms with van der Waals surface area (Å²) in [5, 5.41) is 0.817. The summed E-state index contributed by atoms with van der Waals surface area (Å²) in [5.74, 6) is 0.867. The molecule has 1 fully saturated rings. The summed E-state index contributed by atoms with van der Waals surface area (Å²) in [4.78, 5) is 4.96. The smallest absolute Gasteiger partial charge is 0.184 e. The minimum absolute atomic E-state index is 0.177. The second-order valence-corrected chi connectivity index (χ2v) is 6.15. The van der Waals surface area contributed by atoms with Gasteiger partial charge in [0.1, 0.15) is 6.10 Å². The van der Waals surface area contributed by atoms with Crippen molar-refractivity contribution in [3.8, 4) is 0 Å². The molecule has 1 aromatic carbocycles. The molecule has 0 unspecified atom stereocenters. The van der Waals surface area contributed by atoms with E-state index in [1.807, 2.05) is 18.2 Å². The number of rotatable bonds is 4. The second kappa shape index (κ2) is 5.74. The van der Waals surface area contributed by atoms with E-state index in [0.29, 0.717) is 6.54 Å². The maximum absolute atomic E-state index is 6.42. The molecule has 1 heterocycles. The molecular weight excluding hydrogens is 272 g/mol. The van der Waals surface area contributed by atoms with Gasteiger partial charge in [-0.3, -0.25) is 0 Å². The van der Waals surface area contributed by atoms with Crippen molar-refractivity contribution in [2.45, 2.75) is 50.2 Å². The standard InChI is InChI=1S/C16H21ClN2O/c17-14-7-2-1-6-13(14)16-9-3-5-12(11-16)20-15(19-16)8-4-10-18/h1-2,6-7,12H,3-5,8-11,18H2/t12-,16-/m1/s1. The molecule has 4 heteroatoms. The molecule has 2 aliphatic rings. The molecule has 0 saturated heterocycles. The van der Waals surface area contributed by atoms with Crippen LogP contribution in [0.4, 0.5) is 0 Å². The number of benzene rings is 1. The molecule has 1 aliphatic heterocycles. The van der Waals surface area contributed by atoms with Crippen LogP contribution in [-0.4, -0.2) is 18.5 Å². The average molecular weight is 293 g/mol. The van der Waals surface area contributed by atoms with E-state index in [0.717, 1.165) is 55.0 Å². The third-order valence-electron chi connectivity index (χ3n) is 4.29. The summed E-state index contributed by atoms with van der Waals surface area (Å²) in [7, 11) is 0. The van der Waals surface area contributed by atoms with Gasteiger partial charge in [-0.05, 0) is 43.9 Å². The fourth-order valence-electron chi connectivity index (χ4n) is 3.37. The number of nitrogens with zero attached hydrogens (tertiary/aromatic N) is 1. The number of halogens is 1. The zero-order valence-corrected chi connectivity index (χ0v) is 12.4. The van der Waals surface area contributed by atoms with Crippen molar-refractivity contribution < 1.29 is 4.74 Å². The van der Waals surface area contributed by atoms with Gasteiger partial charge in [-0.1, -0.05) is 29.8 Å². The van der Waals surface area contributed by atoms with E-state index in [-0.39, 0.29) is 11.6 Å². The van der Waals surface area contributed by atoms with Gasteiger partial charge in [-0.2, -0.15) is 0 Å². The lowest BCUT2D eigenvalue weighted by atomic mass is 9.75. The van der Waals surface area contributed by atoms with Crippen molar-refractivity contribution in [1.82, 2.24) is 0 Å². The van der Waals surface area contributed by atoms with Crippen molar-refractivity contribution in [3.63, 3.8) is 0 Å². The molecule has 2 bridgehead atoms. The SMILES string of the molecule is NCCCC1=N[C@]2(c3ccccc3Cl)CCC[C@H](C2)O1. The highest BCUT2D eigenvalue weighted by molar-refractivity contribution is 6.31. The summed E-state index contributed by atoms with van der Waals surface area (Å²) >= 11 is 6.42.